The van der Waals surface area contributed by atoms with Gasteiger partial charge in [-0.2, -0.15) is 0 Å². The van der Waals surface area contributed by atoms with E-state index in [1.807, 2.05) is 25.7 Å². The second-order valence-electron chi connectivity index (χ2n) is 9.08. The molecule has 0 aromatic heterocycles. The van der Waals surface area contributed by atoms with E-state index in [4.69, 9.17) is 9.47 Å². The van der Waals surface area contributed by atoms with Crippen LogP contribution in [0.15, 0.2) is 23.8 Å². The van der Waals surface area contributed by atoms with Crippen molar-refractivity contribution in [2.45, 2.75) is 59.5 Å². The molecule has 0 spiro atoms. The maximum Gasteiger partial charge on any atom is 0.410 e. The predicted octanol–water partition coefficient (Wildman–Crippen LogP) is 5.03. The molecule has 0 bridgehead atoms. The number of benzene rings is 1. The summed E-state index contributed by atoms with van der Waals surface area (Å²) in [4.78, 5) is 17.0. The van der Waals surface area contributed by atoms with Crippen LogP contribution in [0, 0.1) is 6.92 Å². The van der Waals surface area contributed by atoms with Gasteiger partial charge in [-0.15, -0.1) is 0 Å². The number of hydrogen-bond donors (Lipinski definition) is 0. The molecular formula is C24H36N2O3. The molecule has 1 amide bonds. The molecule has 0 atom stereocenters. The van der Waals surface area contributed by atoms with Crippen molar-refractivity contribution in [3.8, 4) is 0 Å². The largest absolute Gasteiger partial charge is 0.444 e. The number of anilines is 1. The van der Waals surface area contributed by atoms with E-state index in [2.05, 4.69) is 36.9 Å². The fraction of sp³-hybridized carbons (Fsp3) is 0.625. The molecule has 1 saturated heterocycles. The van der Waals surface area contributed by atoms with Crippen LogP contribution in [-0.2, 0) is 9.47 Å². The summed E-state index contributed by atoms with van der Waals surface area (Å²) in [6.07, 6.45) is 2.91. The molecule has 5 heteroatoms. The van der Waals surface area contributed by atoms with Crippen molar-refractivity contribution in [1.29, 1.82) is 0 Å². The third-order valence-corrected chi connectivity index (χ3v) is 5.59. The van der Waals surface area contributed by atoms with E-state index in [0.29, 0.717) is 6.54 Å². The molecule has 3 rings (SSSR count). The van der Waals surface area contributed by atoms with Crippen LogP contribution in [0.3, 0.4) is 0 Å². The number of hydrogen-bond acceptors (Lipinski definition) is 4. The van der Waals surface area contributed by atoms with E-state index in [-0.39, 0.29) is 6.09 Å². The average molecular weight is 401 g/mol. The molecule has 1 aromatic rings. The second-order valence-corrected chi connectivity index (χ2v) is 9.08. The summed E-state index contributed by atoms with van der Waals surface area (Å²) in [7, 11) is 0. The van der Waals surface area contributed by atoms with Gasteiger partial charge in [0.15, 0.2) is 0 Å². The molecule has 0 unspecified atom stereocenters. The molecule has 29 heavy (non-hydrogen) atoms. The van der Waals surface area contributed by atoms with E-state index in [1.165, 1.54) is 28.0 Å². The zero-order valence-corrected chi connectivity index (χ0v) is 18.7. The first kappa shape index (κ1) is 21.7. The molecule has 2 heterocycles. The lowest BCUT2D eigenvalue weighted by Gasteiger charge is -2.34. The highest BCUT2D eigenvalue weighted by molar-refractivity contribution is 5.79. The van der Waals surface area contributed by atoms with Gasteiger partial charge in [-0.25, -0.2) is 4.79 Å². The SMILES string of the molecule is CCCC1=C(c2cc(N3CCOCC3)ccc2C)CN(C(=O)OC(C)(C)C)CC1. The maximum absolute atomic E-state index is 12.7. The summed E-state index contributed by atoms with van der Waals surface area (Å²) < 4.78 is 11.2. The Hall–Kier alpha value is -2.01. The van der Waals surface area contributed by atoms with Gasteiger partial charge in [0.2, 0.25) is 0 Å². The van der Waals surface area contributed by atoms with Gasteiger partial charge in [0.25, 0.3) is 0 Å². The van der Waals surface area contributed by atoms with Crippen LogP contribution in [0.2, 0.25) is 0 Å². The van der Waals surface area contributed by atoms with E-state index < -0.39 is 5.60 Å². The molecule has 0 saturated carbocycles. The van der Waals surface area contributed by atoms with E-state index in [9.17, 15) is 4.79 Å². The quantitative estimate of drug-likeness (QED) is 0.711. The summed E-state index contributed by atoms with van der Waals surface area (Å²) in [6, 6.07) is 6.73. The summed E-state index contributed by atoms with van der Waals surface area (Å²) in [6.45, 7) is 14.9. The summed E-state index contributed by atoms with van der Waals surface area (Å²) in [5.74, 6) is 0. The van der Waals surface area contributed by atoms with Crippen molar-refractivity contribution in [1.82, 2.24) is 4.90 Å². The number of amides is 1. The number of aryl methyl sites for hydroxylation is 1. The van der Waals surface area contributed by atoms with Crippen molar-refractivity contribution >= 4 is 17.4 Å². The zero-order valence-electron chi connectivity index (χ0n) is 18.7. The van der Waals surface area contributed by atoms with Gasteiger partial charge in [-0.3, -0.25) is 0 Å². The minimum Gasteiger partial charge on any atom is -0.444 e. The van der Waals surface area contributed by atoms with Crippen molar-refractivity contribution < 1.29 is 14.3 Å². The second kappa shape index (κ2) is 9.21. The highest BCUT2D eigenvalue weighted by atomic mass is 16.6. The van der Waals surface area contributed by atoms with E-state index in [0.717, 1.165) is 52.1 Å². The average Bonchev–Trinajstić information content (AvgIpc) is 2.68. The number of carbonyl (C=O) groups excluding carboxylic acids is 1. The number of nitrogens with zero attached hydrogens (tertiary/aromatic N) is 2. The smallest absolute Gasteiger partial charge is 0.410 e. The van der Waals surface area contributed by atoms with Gasteiger partial charge in [0, 0.05) is 31.9 Å². The van der Waals surface area contributed by atoms with Gasteiger partial charge in [0.05, 0.1) is 13.2 Å². The van der Waals surface area contributed by atoms with E-state index >= 15 is 0 Å². The Labute approximate surface area is 175 Å². The van der Waals surface area contributed by atoms with Crippen molar-refractivity contribution in [2.75, 3.05) is 44.3 Å². The Kier molecular flexibility index (Phi) is 6.89. The predicted molar refractivity (Wildman–Crippen MR) is 118 cm³/mol. The number of ether oxygens (including phenoxy) is 2. The van der Waals surface area contributed by atoms with Gasteiger partial charge in [-0.05, 0) is 69.4 Å². The number of carbonyl (C=O) groups is 1. The highest BCUT2D eigenvalue weighted by Crippen LogP contribution is 2.34. The maximum atomic E-state index is 12.7. The lowest BCUT2D eigenvalue weighted by atomic mass is 9.89. The van der Waals surface area contributed by atoms with Crippen molar-refractivity contribution in [3.63, 3.8) is 0 Å². The lowest BCUT2D eigenvalue weighted by molar-refractivity contribution is 0.0270. The molecule has 2 aliphatic heterocycles. The first-order valence-electron chi connectivity index (χ1n) is 10.9. The van der Waals surface area contributed by atoms with Crippen LogP contribution in [0.4, 0.5) is 10.5 Å². The van der Waals surface area contributed by atoms with Crippen LogP contribution < -0.4 is 4.90 Å². The fourth-order valence-corrected chi connectivity index (χ4v) is 4.09. The minimum atomic E-state index is -0.475. The summed E-state index contributed by atoms with van der Waals surface area (Å²) >= 11 is 0. The Balaban J connectivity index is 1.91. The topological polar surface area (TPSA) is 42.0 Å². The summed E-state index contributed by atoms with van der Waals surface area (Å²) in [5.41, 5.74) is 6.08. The minimum absolute atomic E-state index is 0.215. The molecule has 0 radical (unpaired) electrons. The molecule has 2 aliphatic rings. The molecule has 160 valence electrons. The number of rotatable bonds is 4. The van der Waals surface area contributed by atoms with Gasteiger partial charge < -0.3 is 19.3 Å². The first-order valence-corrected chi connectivity index (χ1v) is 10.9. The Morgan fingerprint density at radius 3 is 2.55 bits per heavy atom. The van der Waals surface area contributed by atoms with E-state index in [1.54, 1.807) is 0 Å². The molecule has 1 aromatic carbocycles. The van der Waals surface area contributed by atoms with Crippen LogP contribution in [0.25, 0.3) is 5.57 Å². The Morgan fingerprint density at radius 2 is 1.90 bits per heavy atom. The standard InChI is InChI=1S/C24H36N2O3/c1-6-7-19-10-11-26(23(27)29-24(3,4)5)17-22(19)21-16-20(9-8-18(21)2)25-12-14-28-15-13-25/h8-9,16H,6-7,10-15,17H2,1-5H3. The molecule has 5 nitrogen and oxygen atoms in total. The normalized spacial score (nSPS) is 18.2. The lowest BCUT2D eigenvalue weighted by Crippen LogP contribution is -2.40. The summed E-state index contributed by atoms with van der Waals surface area (Å²) in [5, 5.41) is 0. The van der Waals surface area contributed by atoms with Gasteiger partial charge in [0.1, 0.15) is 5.60 Å². The van der Waals surface area contributed by atoms with Crippen LogP contribution >= 0.6 is 0 Å². The monoisotopic (exact) mass is 400 g/mol. The zero-order chi connectivity index (χ0) is 21.0. The molecule has 0 N–H and O–H groups in total. The van der Waals surface area contributed by atoms with Gasteiger partial charge in [-0.1, -0.05) is 25.0 Å². The number of morpholine rings is 1. The highest BCUT2D eigenvalue weighted by Gasteiger charge is 2.28. The third kappa shape index (κ3) is 5.53. The van der Waals surface area contributed by atoms with Crippen molar-refractivity contribution in [2.24, 2.45) is 0 Å². The van der Waals surface area contributed by atoms with Crippen LogP contribution in [-0.4, -0.2) is 56.0 Å². The molecule has 0 aliphatic carbocycles. The molecular weight excluding hydrogens is 364 g/mol. The van der Waals surface area contributed by atoms with Crippen LogP contribution in [0.5, 0.6) is 0 Å². The molecule has 1 fully saturated rings. The fourth-order valence-electron chi connectivity index (χ4n) is 4.09. The van der Waals surface area contributed by atoms with Crippen molar-refractivity contribution in [3.05, 3.63) is 34.9 Å². The Bertz CT molecular complexity index is 758. The Morgan fingerprint density at radius 1 is 1.17 bits per heavy atom. The third-order valence-electron chi connectivity index (χ3n) is 5.59. The van der Waals surface area contributed by atoms with Crippen LogP contribution in [0.1, 0.15) is 58.1 Å². The first-order chi connectivity index (χ1) is 13.8. The van der Waals surface area contributed by atoms with Gasteiger partial charge >= 0.3 is 6.09 Å².